The van der Waals surface area contributed by atoms with E-state index in [1.165, 1.54) is 42.7 Å². The van der Waals surface area contributed by atoms with Gasteiger partial charge in [0.15, 0.2) is 6.10 Å². The molecule has 8 heteroatoms. The molecule has 1 N–H and O–H groups in total. The van der Waals surface area contributed by atoms with Crippen LogP contribution in [-0.4, -0.2) is 16.1 Å². The number of carbonyl (C=O) groups excluding carboxylic acids is 1. The number of halogens is 3. The second kappa shape index (κ2) is 6.71. The third-order valence-corrected chi connectivity index (χ3v) is 4.23. The van der Waals surface area contributed by atoms with Crippen molar-refractivity contribution in [2.45, 2.75) is 12.1 Å². The third-order valence-electron chi connectivity index (χ3n) is 4.23. The van der Waals surface area contributed by atoms with Crippen LogP contribution < -0.4 is 5.32 Å². The molecule has 3 aromatic rings. The first kappa shape index (κ1) is 17.0. The number of aromatic nitrogens is 2. The molecule has 3 heterocycles. The van der Waals surface area contributed by atoms with Gasteiger partial charge < -0.3 is 10.1 Å². The van der Waals surface area contributed by atoms with Crippen molar-refractivity contribution in [2.75, 3.05) is 0 Å². The summed E-state index contributed by atoms with van der Waals surface area (Å²) >= 11 is 0. The molecule has 1 aromatic carbocycles. The molecule has 1 amide bonds. The van der Waals surface area contributed by atoms with Gasteiger partial charge in [-0.3, -0.25) is 4.98 Å². The number of amides is 1. The molecule has 0 unspecified atom stereocenters. The fourth-order valence-electron chi connectivity index (χ4n) is 3.02. The van der Waals surface area contributed by atoms with E-state index in [1.807, 2.05) is 0 Å². The Labute approximate surface area is 151 Å². The van der Waals surface area contributed by atoms with Gasteiger partial charge in [0.05, 0.1) is 6.20 Å². The van der Waals surface area contributed by atoms with E-state index >= 15 is 0 Å². The zero-order valence-electron chi connectivity index (χ0n) is 13.7. The van der Waals surface area contributed by atoms with Gasteiger partial charge in [-0.2, -0.15) is 4.39 Å². The topological polar surface area (TPSA) is 64.1 Å². The summed E-state index contributed by atoms with van der Waals surface area (Å²) in [5, 5.41) is 2.52. The molecule has 1 aliphatic rings. The quantitative estimate of drug-likeness (QED) is 0.705. The van der Waals surface area contributed by atoms with Gasteiger partial charge in [-0.15, -0.1) is 0 Å². The molecule has 1 fully saturated rings. The van der Waals surface area contributed by atoms with Crippen molar-refractivity contribution in [1.82, 2.24) is 15.3 Å². The van der Waals surface area contributed by atoms with Crippen molar-refractivity contribution in [3.63, 3.8) is 0 Å². The highest BCUT2D eigenvalue weighted by molar-refractivity contribution is 5.71. The number of carbonyl (C=O) groups is 1. The average Bonchev–Trinajstić information content (AvgIpc) is 3.04. The predicted octanol–water partition coefficient (Wildman–Crippen LogP) is 4.08. The number of nitrogens with zero attached hydrogens (tertiary/aromatic N) is 2. The van der Waals surface area contributed by atoms with Crippen molar-refractivity contribution in [3.8, 4) is 11.1 Å². The van der Waals surface area contributed by atoms with E-state index in [0.29, 0.717) is 16.7 Å². The van der Waals surface area contributed by atoms with Crippen molar-refractivity contribution in [2.24, 2.45) is 0 Å². The second-order valence-corrected chi connectivity index (χ2v) is 6.00. The van der Waals surface area contributed by atoms with Gasteiger partial charge in [-0.1, -0.05) is 12.1 Å². The SMILES string of the molecule is O=C1N[C@H](c2cc(-c3cncc(F)c3)cnc2F)[C@@H](c2cccc(F)c2)O1. The fraction of sp³-hybridized carbons (Fsp3) is 0.105. The zero-order valence-corrected chi connectivity index (χ0v) is 13.7. The van der Waals surface area contributed by atoms with Gasteiger partial charge in [0, 0.05) is 29.1 Å². The Bertz CT molecular complexity index is 1030. The highest BCUT2D eigenvalue weighted by Crippen LogP contribution is 2.38. The minimum atomic E-state index is -0.939. The summed E-state index contributed by atoms with van der Waals surface area (Å²) in [6.45, 7) is 0. The van der Waals surface area contributed by atoms with Gasteiger partial charge in [0.1, 0.15) is 17.7 Å². The molecule has 2 atom stereocenters. The monoisotopic (exact) mass is 371 g/mol. The Morgan fingerprint density at radius 2 is 1.78 bits per heavy atom. The Hall–Kier alpha value is -3.42. The molecular formula is C19H12F3N3O2. The van der Waals surface area contributed by atoms with Gasteiger partial charge >= 0.3 is 6.09 Å². The largest absolute Gasteiger partial charge is 0.439 e. The number of hydrogen-bond acceptors (Lipinski definition) is 4. The predicted molar refractivity (Wildman–Crippen MR) is 88.9 cm³/mol. The Balaban J connectivity index is 1.77. The number of cyclic esters (lactones) is 1. The van der Waals surface area contributed by atoms with Crippen LogP contribution in [0.3, 0.4) is 0 Å². The van der Waals surface area contributed by atoms with Crippen LogP contribution in [-0.2, 0) is 4.74 Å². The number of alkyl carbamates (subject to hydrolysis) is 1. The minimum absolute atomic E-state index is 0.0388. The molecule has 27 heavy (non-hydrogen) atoms. The zero-order chi connectivity index (χ0) is 19.0. The molecule has 0 bridgehead atoms. The van der Waals surface area contributed by atoms with E-state index in [-0.39, 0.29) is 5.56 Å². The second-order valence-electron chi connectivity index (χ2n) is 6.00. The molecule has 0 saturated carbocycles. The first-order valence-electron chi connectivity index (χ1n) is 8.00. The highest BCUT2D eigenvalue weighted by Gasteiger charge is 2.38. The smallest absolute Gasteiger partial charge is 0.408 e. The van der Waals surface area contributed by atoms with Gasteiger partial charge in [0.2, 0.25) is 5.95 Å². The number of nitrogens with one attached hydrogen (secondary N) is 1. The maximum Gasteiger partial charge on any atom is 0.408 e. The van der Waals surface area contributed by atoms with E-state index in [1.54, 1.807) is 6.07 Å². The van der Waals surface area contributed by atoms with Crippen LogP contribution in [0.1, 0.15) is 23.3 Å². The first-order valence-corrected chi connectivity index (χ1v) is 8.00. The standard InChI is InChI=1S/C19H12F3N3O2/c20-13-3-1-2-10(4-13)17-16(25-19(26)27-17)15-6-12(8-24-18(15)22)11-5-14(21)9-23-7-11/h1-9,16-17H,(H,25,26)/t16-,17-/m1/s1. The Morgan fingerprint density at radius 3 is 2.56 bits per heavy atom. The van der Waals surface area contributed by atoms with Crippen LogP contribution in [0.25, 0.3) is 11.1 Å². The summed E-state index contributed by atoms with van der Waals surface area (Å²) < 4.78 is 46.6. The van der Waals surface area contributed by atoms with Gasteiger partial charge in [0.25, 0.3) is 0 Å². The van der Waals surface area contributed by atoms with Crippen LogP contribution in [0.2, 0.25) is 0 Å². The maximum absolute atomic E-state index is 14.4. The number of hydrogen-bond donors (Lipinski definition) is 1. The normalized spacial score (nSPS) is 18.9. The summed E-state index contributed by atoms with van der Waals surface area (Å²) in [5.41, 5.74) is 1.22. The van der Waals surface area contributed by atoms with Crippen molar-refractivity contribution >= 4 is 6.09 Å². The maximum atomic E-state index is 14.4. The first-order chi connectivity index (χ1) is 13.0. The number of rotatable bonds is 3. The fourth-order valence-corrected chi connectivity index (χ4v) is 3.02. The molecule has 0 aliphatic carbocycles. The van der Waals surface area contributed by atoms with E-state index in [4.69, 9.17) is 4.74 Å². The molecule has 0 spiro atoms. The van der Waals surface area contributed by atoms with Crippen LogP contribution in [0.5, 0.6) is 0 Å². The minimum Gasteiger partial charge on any atom is -0.439 e. The Kier molecular flexibility index (Phi) is 4.23. The molecule has 4 rings (SSSR count). The molecule has 1 aliphatic heterocycles. The number of pyridine rings is 2. The summed E-state index contributed by atoms with van der Waals surface area (Å²) in [4.78, 5) is 19.2. The van der Waals surface area contributed by atoms with E-state index < -0.39 is 35.8 Å². The van der Waals surface area contributed by atoms with Crippen molar-refractivity contribution < 1.29 is 22.7 Å². The highest BCUT2D eigenvalue weighted by atomic mass is 19.1. The molecule has 136 valence electrons. The summed E-state index contributed by atoms with van der Waals surface area (Å²) in [6.07, 6.45) is 2.00. The lowest BCUT2D eigenvalue weighted by molar-refractivity contribution is 0.131. The molecule has 1 saturated heterocycles. The summed E-state index contributed by atoms with van der Waals surface area (Å²) in [5.74, 6) is -1.87. The van der Waals surface area contributed by atoms with Crippen LogP contribution in [0.4, 0.5) is 18.0 Å². The van der Waals surface area contributed by atoms with Crippen LogP contribution in [0.15, 0.2) is 55.0 Å². The van der Waals surface area contributed by atoms with Crippen LogP contribution in [0, 0.1) is 17.6 Å². The van der Waals surface area contributed by atoms with E-state index in [0.717, 1.165) is 6.20 Å². The molecule has 2 aromatic heterocycles. The lowest BCUT2D eigenvalue weighted by atomic mass is 9.95. The molecule has 5 nitrogen and oxygen atoms in total. The van der Waals surface area contributed by atoms with Crippen LogP contribution >= 0.6 is 0 Å². The Morgan fingerprint density at radius 1 is 0.963 bits per heavy atom. The average molecular weight is 371 g/mol. The molecule has 0 radical (unpaired) electrons. The summed E-state index contributed by atoms with van der Waals surface area (Å²) in [7, 11) is 0. The van der Waals surface area contributed by atoms with Crippen molar-refractivity contribution in [3.05, 3.63) is 83.7 Å². The number of ether oxygens (including phenoxy) is 1. The van der Waals surface area contributed by atoms with E-state index in [2.05, 4.69) is 15.3 Å². The van der Waals surface area contributed by atoms with E-state index in [9.17, 15) is 18.0 Å². The van der Waals surface area contributed by atoms with Crippen molar-refractivity contribution in [1.29, 1.82) is 0 Å². The number of benzene rings is 1. The lowest BCUT2D eigenvalue weighted by Gasteiger charge is -2.18. The van der Waals surface area contributed by atoms with Gasteiger partial charge in [-0.05, 0) is 29.8 Å². The third kappa shape index (κ3) is 3.33. The molecular weight excluding hydrogens is 359 g/mol. The lowest BCUT2D eigenvalue weighted by Crippen LogP contribution is -2.21. The summed E-state index contributed by atoms with van der Waals surface area (Å²) in [6, 6.07) is 7.26. The van der Waals surface area contributed by atoms with Gasteiger partial charge in [-0.25, -0.2) is 18.6 Å².